The predicted molar refractivity (Wildman–Crippen MR) is 129 cm³/mol. The standard InChI is InChI=1S/C22H24N4O3S3/c1-24-21(29)18-14-5-2-3-6-15(14)32-19(18)23-22(24)31-13-17(27)25-8-10-26(11-9-25)20(28)16-7-4-12-30-16/h4,7,12H,2-3,5-6,8-11,13H2,1H3. The van der Waals surface area contributed by atoms with Crippen molar-refractivity contribution in [3.8, 4) is 0 Å². The maximum Gasteiger partial charge on any atom is 0.264 e. The van der Waals surface area contributed by atoms with E-state index >= 15 is 0 Å². The number of piperazine rings is 1. The number of fused-ring (bicyclic) bond motifs is 3. The van der Waals surface area contributed by atoms with Gasteiger partial charge in [0, 0.05) is 38.1 Å². The number of carbonyl (C=O) groups is 2. The van der Waals surface area contributed by atoms with Crippen LogP contribution < -0.4 is 5.56 Å². The zero-order valence-corrected chi connectivity index (χ0v) is 20.3. The maximum absolute atomic E-state index is 13.0. The van der Waals surface area contributed by atoms with Crippen LogP contribution in [0.1, 0.15) is 33.0 Å². The van der Waals surface area contributed by atoms with Gasteiger partial charge in [-0.25, -0.2) is 4.98 Å². The number of thioether (sulfide) groups is 1. The van der Waals surface area contributed by atoms with E-state index in [0.29, 0.717) is 31.3 Å². The van der Waals surface area contributed by atoms with E-state index in [1.54, 1.807) is 32.8 Å². The summed E-state index contributed by atoms with van der Waals surface area (Å²) in [4.78, 5) is 49.5. The summed E-state index contributed by atoms with van der Waals surface area (Å²) in [5.74, 6) is 0.279. The zero-order valence-electron chi connectivity index (χ0n) is 17.8. The first-order chi connectivity index (χ1) is 15.5. The number of hydrogen-bond donors (Lipinski definition) is 0. The summed E-state index contributed by atoms with van der Waals surface area (Å²) in [7, 11) is 1.74. The van der Waals surface area contributed by atoms with Gasteiger partial charge in [0.05, 0.1) is 16.0 Å². The molecule has 5 rings (SSSR count). The number of nitrogens with zero attached hydrogens (tertiary/aromatic N) is 4. The highest BCUT2D eigenvalue weighted by atomic mass is 32.2. The largest absolute Gasteiger partial charge is 0.338 e. The fraction of sp³-hybridized carbons (Fsp3) is 0.455. The van der Waals surface area contributed by atoms with Gasteiger partial charge in [-0.1, -0.05) is 17.8 Å². The van der Waals surface area contributed by atoms with Crippen molar-refractivity contribution in [2.75, 3.05) is 31.9 Å². The molecule has 1 saturated heterocycles. The number of rotatable bonds is 4. The number of amides is 2. The van der Waals surface area contributed by atoms with E-state index in [1.165, 1.54) is 40.0 Å². The SMILES string of the molecule is Cn1c(SCC(=O)N2CCN(C(=O)c3cccs3)CC2)nc2sc3c(c2c1=O)CCCC3. The number of aryl methyl sites for hydroxylation is 2. The van der Waals surface area contributed by atoms with Crippen molar-refractivity contribution < 1.29 is 9.59 Å². The molecule has 0 unspecified atom stereocenters. The van der Waals surface area contributed by atoms with Crippen molar-refractivity contribution in [2.45, 2.75) is 30.8 Å². The fourth-order valence-corrected chi connectivity index (χ4v) is 7.20. The molecule has 0 radical (unpaired) electrons. The summed E-state index contributed by atoms with van der Waals surface area (Å²) < 4.78 is 1.58. The Balaban J connectivity index is 1.23. The predicted octanol–water partition coefficient (Wildman–Crippen LogP) is 3.01. The van der Waals surface area contributed by atoms with E-state index in [2.05, 4.69) is 0 Å². The highest BCUT2D eigenvalue weighted by molar-refractivity contribution is 7.99. The molecule has 0 spiro atoms. The van der Waals surface area contributed by atoms with Crippen molar-refractivity contribution >= 4 is 56.5 Å². The summed E-state index contributed by atoms with van der Waals surface area (Å²) in [6, 6.07) is 3.71. The van der Waals surface area contributed by atoms with Gasteiger partial charge < -0.3 is 9.80 Å². The third kappa shape index (κ3) is 3.99. The van der Waals surface area contributed by atoms with Gasteiger partial charge in [0.1, 0.15) is 4.83 Å². The lowest BCUT2D eigenvalue weighted by atomic mass is 9.97. The van der Waals surface area contributed by atoms with Crippen LogP contribution >= 0.6 is 34.4 Å². The lowest BCUT2D eigenvalue weighted by Gasteiger charge is -2.34. The first-order valence-corrected chi connectivity index (χ1v) is 13.5. The molecule has 2 amide bonds. The minimum atomic E-state index is -0.00921. The molecule has 10 heteroatoms. The van der Waals surface area contributed by atoms with Crippen LogP contribution in [0, 0.1) is 0 Å². The molecule has 7 nitrogen and oxygen atoms in total. The van der Waals surface area contributed by atoms with Crippen molar-refractivity contribution in [2.24, 2.45) is 7.05 Å². The Labute approximate surface area is 198 Å². The van der Waals surface area contributed by atoms with Gasteiger partial charge in [-0.05, 0) is 42.7 Å². The normalized spacial score (nSPS) is 16.4. The monoisotopic (exact) mass is 488 g/mol. The molecular weight excluding hydrogens is 464 g/mol. The molecule has 3 aromatic heterocycles. The molecule has 3 aromatic rings. The van der Waals surface area contributed by atoms with Gasteiger partial charge >= 0.3 is 0 Å². The Bertz CT molecular complexity index is 1220. The van der Waals surface area contributed by atoms with E-state index in [9.17, 15) is 14.4 Å². The maximum atomic E-state index is 13.0. The second-order valence-electron chi connectivity index (χ2n) is 8.09. The molecule has 0 saturated carbocycles. The highest BCUT2D eigenvalue weighted by Gasteiger charge is 2.26. The van der Waals surface area contributed by atoms with E-state index < -0.39 is 0 Å². The third-order valence-corrected chi connectivity index (χ3v) is 9.19. The second kappa shape index (κ2) is 8.99. The van der Waals surface area contributed by atoms with Crippen LogP contribution in [0.3, 0.4) is 0 Å². The van der Waals surface area contributed by atoms with Gasteiger partial charge in [0.2, 0.25) is 5.91 Å². The minimum Gasteiger partial charge on any atom is -0.338 e. The van der Waals surface area contributed by atoms with E-state index in [1.807, 2.05) is 17.5 Å². The van der Waals surface area contributed by atoms with Gasteiger partial charge in [-0.3, -0.25) is 19.0 Å². The van der Waals surface area contributed by atoms with Crippen LogP contribution in [0.4, 0.5) is 0 Å². The second-order valence-corrected chi connectivity index (χ2v) is 11.1. The topological polar surface area (TPSA) is 75.5 Å². The van der Waals surface area contributed by atoms with Gasteiger partial charge in [0.25, 0.3) is 11.5 Å². The first-order valence-electron chi connectivity index (χ1n) is 10.8. The molecule has 1 aliphatic carbocycles. The summed E-state index contributed by atoms with van der Waals surface area (Å²) >= 11 is 4.39. The molecule has 0 N–H and O–H groups in total. The van der Waals surface area contributed by atoms with Crippen LogP contribution in [0.15, 0.2) is 27.5 Å². The molecule has 1 aliphatic heterocycles. The average molecular weight is 489 g/mol. The molecule has 1 fully saturated rings. The molecule has 0 atom stereocenters. The quantitative estimate of drug-likeness (QED) is 0.417. The van der Waals surface area contributed by atoms with Gasteiger partial charge in [-0.15, -0.1) is 22.7 Å². The number of thiophene rings is 2. The van der Waals surface area contributed by atoms with Gasteiger partial charge in [-0.2, -0.15) is 0 Å². The number of aromatic nitrogens is 2. The summed E-state index contributed by atoms with van der Waals surface area (Å²) in [5, 5.41) is 3.25. The lowest BCUT2D eigenvalue weighted by Crippen LogP contribution is -2.51. The third-order valence-electron chi connectivity index (χ3n) is 6.13. The smallest absolute Gasteiger partial charge is 0.264 e. The molecule has 4 heterocycles. The summed E-state index contributed by atoms with van der Waals surface area (Å²) in [6.45, 7) is 2.13. The van der Waals surface area contributed by atoms with Gasteiger partial charge in [0.15, 0.2) is 5.16 Å². The zero-order chi connectivity index (χ0) is 22.2. The molecular formula is C22H24N4O3S3. The molecule has 0 bridgehead atoms. The Morgan fingerprint density at radius 3 is 2.62 bits per heavy atom. The first kappa shape index (κ1) is 21.7. The highest BCUT2D eigenvalue weighted by Crippen LogP contribution is 2.34. The van der Waals surface area contributed by atoms with Crippen LogP contribution in [0.5, 0.6) is 0 Å². The average Bonchev–Trinajstić information content (AvgIpc) is 3.48. The minimum absolute atomic E-state index is 0.00921. The summed E-state index contributed by atoms with van der Waals surface area (Å²) in [6.07, 6.45) is 4.28. The lowest BCUT2D eigenvalue weighted by molar-refractivity contribution is -0.129. The Hall–Kier alpha value is -2.17. The van der Waals surface area contributed by atoms with Crippen LogP contribution in [-0.2, 0) is 24.7 Å². The van der Waals surface area contributed by atoms with Crippen LogP contribution in [-0.4, -0.2) is 63.1 Å². The van der Waals surface area contributed by atoms with Crippen molar-refractivity contribution in [1.29, 1.82) is 0 Å². The number of carbonyl (C=O) groups excluding carboxylic acids is 2. The Kier molecular flexibility index (Phi) is 6.09. The Morgan fingerprint density at radius 1 is 1.12 bits per heavy atom. The fourth-order valence-electron chi connectivity index (χ4n) is 4.33. The Morgan fingerprint density at radius 2 is 1.88 bits per heavy atom. The molecule has 0 aromatic carbocycles. The molecule has 168 valence electrons. The van der Waals surface area contributed by atoms with E-state index in [0.717, 1.165) is 34.4 Å². The van der Waals surface area contributed by atoms with Crippen molar-refractivity contribution in [3.05, 3.63) is 43.2 Å². The molecule has 32 heavy (non-hydrogen) atoms. The van der Waals surface area contributed by atoms with E-state index in [4.69, 9.17) is 4.98 Å². The molecule has 2 aliphatic rings. The van der Waals surface area contributed by atoms with Crippen molar-refractivity contribution in [3.63, 3.8) is 0 Å². The summed E-state index contributed by atoms with van der Waals surface area (Å²) in [5.41, 5.74) is 1.18. The van der Waals surface area contributed by atoms with E-state index in [-0.39, 0.29) is 23.1 Å². The van der Waals surface area contributed by atoms with Crippen LogP contribution in [0.2, 0.25) is 0 Å². The van der Waals surface area contributed by atoms with Crippen LogP contribution in [0.25, 0.3) is 10.2 Å². The van der Waals surface area contributed by atoms with Crippen molar-refractivity contribution in [1.82, 2.24) is 19.4 Å². The number of hydrogen-bond acceptors (Lipinski definition) is 7.